The summed E-state index contributed by atoms with van der Waals surface area (Å²) in [6, 6.07) is 0. The van der Waals surface area contributed by atoms with Crippen LogP contribution in [0.5, 0.6) is 0 Å². The Morgan fingerprint density at radius 1 is 1.47 bits per heavy atom. The van der Waals surface area contributed by atoms with Crippen molar-refractivity contribution in [1.82, 2.24) is 5.43 Å². The fourth-order valence-corrected chi connectivity index (χ4v) is 1.37. The highest BCUT2D eigenvalue weighted by molar-refractivity contribution is 5.32. The van der Waals surface area contributed by atoms with Gasteiger partial charge in [0, 0.05) is 12.1 Å². The molecule has 0 aromatic carbocycles. The molecule has 0 aromatic heterocycles. The minimum absolute atomic E-state index is 0.614. The SMILES string of the molecule is C=CC/C(NN)=C(C)\C(C)=C/[C@@H](C)CC. The van der Waals surface area contributed by atoms with E-state index in [0.29, 0.717) is 5.92 Å². The molecule has 1 atom stereocenters. The van der Waals surface area contributed by atoms with E-state index in [-0.39, 0.29) is 0 Å². The number of hydrogen-bond acceptors (Lipinski definition) is 2. The molecule has 3 N–H and O–H groups in total. The first kappa shape index (κ1) is 14.0. The van der Waals surface area contributed by atoms with Crippen molar-refractivity contribution < 1.29 is 0 Å². The number of rotatable bonds is 6. The van der Waals surface area contributed by atoms with E-state index in [2.05, 4.69) is 45.8 Å². The molecule has 0 heterocycles. The van der Waals surface area contributed by atoms with Crippen LogP contribution in [0.25, 0.3) is 0 Å². The first-order valence-electron chi connectivity index (χ1n) is 5.52. The Bertz CT molecular complexity index is 262. The van der Waals surface area contributed by atoms with Gasteiger partial charge >= 0.3 is 0 Å². The summed E-state index contributed by atoms with van der Waals surface area (Å²) < 4.78 is 0. The minimum Gasteiger partial charge on any atom is -0.328 e. The molecule has 2 heteroatoms. The van der Waals surface area contributed by atoms with Crippen LogP contribution in [0.15, 0.2) is 35.6 Å². The van der Waals surface area contributed by atoms with Crippen LogP contribution < -0.4 is 11.3 Å². The van der Waals surface area contributed by atoms with Gasteiger partial charge in [0.2, 0.25) is 0 Å². The lowest BCUT2D eigenvalue weighted by Crippen LogP contribution is -2.22. The summed E-state index contributed by atoms with van der Waals surface area (Å²) >= 11 is 0. The molecule has 0 amide bonds. The molecular formula is C13H24N2. The molecular weight excluding hydrogens is 184 g/mol. The van der Waals surface area contributed by atoms with Crippen LogP contribution in [0.1, 0.15) is 40.5 Å². The summed E-state index contributed by atoms with van der Waals surface area (Å²) in [6.07, 6.45) is 6.09. The summed E-state index contributed by atoms with van der Waals surface area (Å²) in [6.45, 7) is 12.4. The van der Waals surface area contributed by atoms with E-state index in [0.717, 1.165) is 18.5 Å². The maximum Gasteiger partial charge on any atom is 0.0328 e. The minimum atomic E-state index is 0.614. The monoisotopic (exact) mass is 208 g/mol. The fourth-order valence-electron chi connectivity index (χ4n) is 1.37. The molecule has 0 saturated heterocycles. The normalized spacial score (nSPS) is 15.7. The van der Waals surface area contributed by atoms with E-state index in [1.54, 1.807) is 0 Å². The molecule has 2 nitrogen and oxygen atoms in total. The maximum absolute atomic E-state index is 5.48. The molecule has 0 aliphatic carbocycles. The van der Waals surface area contributed by atoms with E-state index in [4.69, 9.17) is 5.84 Å². The summed E-state index contributed by atoms with van der Waals surface area (Å²) in [5, 5.41) is 0. The Balaban J connectivity index is 4.85. The Kier molecular flexibility index (Phi) is 6.80. The molecule has 15 heavy (non-hydrogen) atoms. The van der Waals surface area contributed by atoms with Crippen molar-refractivity contribution >= 4 is 0 Å². The lowest BCUT2D eigenvalue weighted by Gasteiger charge is -2.12. The van der Waals surface area contributed by atoms with Crippen molar-refractivity contribution in [3.63, 3.8) is 0 Å². The lowest BCUT2D eigenvalue weighted by atomic mass is 9.99. The highest BCUT2D eigenvalue weighted by Crippen LogP contribution is 2.17. The third kappa shape index (κ3) is 4.84. The van der Waals surface area contributed by atoms with Crippen LogP contribution in [0, 0.1) is 5.92 Å². The van der Waals surface area contributed by atoms with E-state index in [1.807, 2.05) is 6.08 Å². The second kappa shape index (κ2) is 7.30. The predicted octanol–water partition coefficient (Wildman–Crippen LogP) is 3.29. The number of allylic oxidation sites excluding steroid dienone is 4. The highest BCUT2D eigenvalue weighted by Gasteiger charge is 2.03. The van der Waals surface area contributed by atoms with Gasteiger partial charge in [0.1, 0.15) is 0 Å². The van der Waals surface area contributed by atoms with Gasteiger partial charge in [-0.1, -0.05) is 38.0 Å². The molecule has 0 bridgehead atoms. The summed E-state index contributed by atoms with van der Waals surface area (Å²) in [5.41, 5.74) is 6.30. The van der Waals surface area contributed by atoms with Gasteiger partial charge in [-0.3, -0.25) is 5.84 Å². The van der Waals surface area contributed by atoms with Crippen molar-refractivity contribution in [2.24, 2.45) is 11.8 Å². The average Bonchev–Trinajstić information content (AvgIpc) is 2.24. The fraction of sp³-hybridized carbons (Fsp3) is 0.538. The topological polar surface area (TPSA) is 38.0 Å². The number of hydrogen-bond donors (Lipinski definition) is 2. The molecule has 0 saturated carbocycles. The van der Waals surface area contributed by atoms with Crippen molar-refractivity contribution in [3.05, 3.63) is 35.6 Å². The number of hydrazine groups is 1. The first-order valence-corrected chi connectivity index (χ1v) is 5.52. The largest absolute Gasteiger partial charge is 0.328 e. The molecule has 0 radical (unpaired) electrons. The molecule has 0 aromatic rings. The number of nitrogens with one attached hydrogen (secondary N) is 1. The zero-order valence-corrected chi connectivity index (χ0v) is 10.4. The Hall–Kier alpha value is -1.02. The zero-order chi connectivity index (χ0) is 11.8. The van der Waals surface area contributed by atoms with Crippen LogP contribution in [0.2, 0.25) is 0 Å². The Morgan fingerprint density at radius 3 is 2.47 bits per heavy atom. The van der Waals surface area contributed by atoms with Crippen LogP contribution in [-0.4, -0.2) is 0 Å². The molecule has 0 rings (SSSR count). The third-order valence-corrected chi connectivity index (χ3v) is 2.75. The highest BCUT2D eigenvalue weighted by atomic mass is 15.2. The predicted molar refractivity (Wildman–Crippen MR) is 68.0 cm³/mol. The van der Waals surface area contributed by atoms with Crippen LogP contribution in [-0.2, 0) is 0 Å². The summed E-state index contributed by atoms with van der Waals surface area (Å²) in [4.78, 5) is 0. The average molecular weight is 208 g/mol. The van der Waals surface area contributed by atoms with Crippen molar-refractivity contribution in [2.75, 3.05) is 0 Å². The Morgan fingerprint density at radius 2 is 2.07 bits per heavy atom. The molecule has 0 unspecified atom stereocenters. The third-order valence-electron chi connectivity index (χ3n) is 2.75. The van der Waals surface area contributed by atoms with Gasteiger partial charge in [-0.05, 0) is 25.3 Å². The second-order valence-corrected chi connectivity index (χ2v) is 3.98. The lowest BCUT2D eigenvalue weighted by molar-refractivity contribution is 0.692. The summed E-state index contributed by atoms with van der Waals surface area (Å²) in [5.74, 6) is 6.09. The van der Waals surface area contributed by atoms with E-state index < -0.39 is 0 Å². The van der Waals surface area contributed by atoms with E-state index in [1.165, 1.54) is 11.1 Å². The zero-order valence-electron chi connectivity index (χ0n) is 10.4. The van der Waals surface area contributed by atoms with Crippen molar-refractivity contribution in [2.45, 2.75) is 40.5 Å². The Labute approximate surface area is 93.9 Å². The van der Waals surface area contributed by atoms with Gasteiger partial charge in [0.05, 0.1) is 0 Å². The smallest absolute Gasteiger partial charge is 0.0328 e. The first-order chi connectivity index (χ1) is 7.06. The summed E-state index contributed by atoms with van der Waals surface area (Å²) in [7, 11) is 0. The molecule has 0 fully saturated rings. The van der Waals surface area contributed by atoms with Gasteiger partial charge < -0.3 is 5.43 Å². The second-order valence-electron chi connectivity index (χ2n) is 3.98. The molecule has 0 aliphatic heterocycles. The van der Waals surface area contributed by atoms with Gasteiger partial charge in [0.15, 0.2) is 0 Å². The molecule has 0 aliphatic rings. The van der Waals surface area contributed by atoms with Crippen molar-refractivity contribution in [1.29, 1.82) is 0 Å². The van der Waals surface area contributed by atoms with Gasteiger partial charge in [-0.15, -0.1) is 6.58 Å². The molecule has 0 spiro atoms. The van der Waals surface area contributed by atoms with Crippen molar-refractivity contribution in [3.8, 4) is 0 Å². The van der Waals surface area contributed by atoms with Gasteiger partial charge in [-0.25, -0.2) is 0 Å². The van der Waals surface area contributed by atoms with Crippen LogP contribution >= 0.6 is 0 Å². The van der Waals surface area contributed by atoms with Crippen LogP contribution in [0.4, 0.5) is 0 Å². The standard InChI is InChI=1S/C13H24N2/c1-6-8-13(15-14)12(5)11(4)9-10(3)7-2/h6,9-10,15H,1,7-8,14H2,2-5H3/b11-9-,13-12+/t10-/m0/s1. The van der Waals surface area contributed by atoms with Gasteiger partial charge in [-0.2, -0.15) is 0 Å². The van der Waals surface area contributed by atoms with Gasteiger partial charge in [0.25, 0.3) is 0 Å². The van der Waals surface area contributed by atoms with Crippen LogP contribution in [0.3, 0.4) is 0 Å². The maximum atomic E-state index is 5.48. The van der Waals surface area contributed by atoms with E-state index in [9.17, 15) is 0 Å². The quantitative estimate of drug-likeness (QED) is 0.304. The number of nitrogens with two attached hydrogens (primary N) is 1. The molecule has 86 valence electrons. The van der Waals surface area contributed by atoms with E-state index >= 15 is 0 Å².